The summed E-state index contributed by atoms with van der Waals surface area (Å²) in [4.78, 5) is 3.90. The van der Waals surface area contributed by atoms with E-state index in [4.69, 9.17) is 14.8 Å². The highest BCUT2D eigenvalue weighted by molar-refractivity contribution is 7.62. The lowest BCUT2D eigenvalue weighted by Crippen LogP contribution is -2.11. The standard InChI is InChI=1S/C7H13N2O3PS/c1-3-11-13(10,12-4-2)6-5-14-7(8)9-6/h5H,3-4H2,1-2H3,(H2,8,9). The van der Waals surface area contributed by atoms with Crippen LogP contribution in [0, 0.1) is 0 Å². The van der Waals surface area contributed by atoms with Crippen molar-refractivity contribution in [1.82, 2.24) is 4.98 Å². The summed E-state index contributed by atoms with van der Waals surface area (Å²) in [7, 11) is -3.23. The van der Waals surface area contributed by atoms with Crippen LogP contribution in [-0.4, -0.2) is 18.2 Å². The molecule has 0 spiro atoms. The third-order valence-corrected chi connectivity index (χ3v) is 4.22. The SMILES string of the molecule is CCOP(=O)(OCC)c1csc(N)n1. The van der Waals surface area contributed by atoms with E-state index in [1.165, 1.54) is 11.3 Å². The summed E-state index contributed by atoms with van der Waals surface area (Å²) < 4.78 is 22.3. The molecule has 0 amide bonds. The summed E-state index contributed by atoms with van der Waals surface area (Å²) >= 11 is 1.22. The number of hydrogen-bond donors (Lipinski definition) is 1. The summed E-state index contributed by atoms with van der Waals surface area (Å²) in [5.74, 6) is 0. The van der Waals surface area contributed by atoms with Gasteiger partial charge in [-0.3, -0.25) is 4.57 Å². The van der Waals surface area contributed by atoms with Crippen molar-refractivity contribution in [1.29, 1.82) is 0 Å². The van der Waals surface area contributed by atoms with E-state index in [-0.39, 0.29) is 0 Å². The first-order valence-electron chi connectivity index (χ1n) is 4.23. The van der Waals surface area contributed by atoms with E-state index in [1.54, 1.807) is 19.2 Å². The maximum atomic E-state index is 12.1. The number of nitrogen functional groups attached to an aromatic ring is 1. The van der Waals surface area contributed by atoms with Crippen LogP contribution < -0.4 is 11.2 Å². The molecule has 2 N–H and O–H groups in total. The molecule has 0 saturated heterocycles. The molecule has 1 aromatic heterocycles. The van der Waals surface area contributed by atoms with Crippen molar-refractivity contribution in [2.75, 3.05) is 18.9 Å². The summed E-state index contributed by atoms with van der Waals surface area (Å²) in [6, 6.07) is 0. The van der Waals surface area contributed by atoms with Gasteiger partial charge >= 0.3 is 7.60 Å². The molecule has 0 aromatic carbocycles. The van der Waals surface area contributed by atoms with E-state index in [2.05, 4.69) is 4.98 Å². The molecular weight excluding hydrogens is 223 g/mol. The Bertz CT molecular complexity index is 331. The normalized spacial score (nSPS) is 11.9. The average Bonchev–Trinajstić information content (AvgIpc) is 2.53. The minimum Gasteiger partial charge on any atom is -0.375 e. The second-order valence-corrected chi connectivity index (χ2v) is 5.24. The molecule has 0 bridgehead atoms. The van der Waals surface area contributed by atoms with Gasteiger partial charge in [-0.05, 0) is 13.8 Å². The summed E-state index contributed by atoms with van der Waals surface area (Å²) in [5, 5.41) is 1.96. The fourth-order valence-corrected chi connectivity index (χ4v) is 3.34. The second kappa shape index (κ2) is 4.89. The van der Waals surface area contributed by atoms with Gasteiger partial charge in [-0.1, -0.05) is 0 Å². The zero-order valence-corrected chi connectivity index (χ0v) is 9.81. The van der Waals surface area contributed by atoms with Crippen molar-refractivity contribution in [3.05, 3.63) is 5.38 Å². The Morgan fingerprint density at radius 1 is 1.50 bits per heavy atom. The Hall–Kier alpha value is -0.420. The van der Waals surface area contributed by atoms with Crippen LogP contribution in [0.4, 0.5) is 5.13 Å². The molecule has 5 nitrogen and oxygen atoms in total. The van der Waals surface area contributed by atoms with Crippen molar-refractivity contribution in [3.63, 3.8) is 0 Å². The molecule has 0 atom stereocenters. The minimum atomic E-state index is -3.23. The first-order valence-corrected chi connectivity index (χ1v) is 6.65. The number of thiazole rings is 1. The second-order valence-electron chi connectivity index (χ2n) is 2.38. The van der Waals surface area contributed by atoms with E-state index >= 15 is 0 Å². The molecule has 0 aliphatic heterocycles. The van der Waals surface area contributed by atoms with Gasteiger partial charge in [0.25, 0.3) is 0 Å². The van der Waals surface area contributed by atoms with E-state index < -0.39 is 7.60 Å². The van der Waals surface area contributed by atoms with E-state index in [0.717, 1.165) is 0 Å². The maximum absolute atomic E-state index is 12.1. The fraction of sp³-hybridized carbons (Fsp3) is 0.571. The molecule has 0 aliphatic carbocycles. The van der Waals surface area contributed by atoms with Crippen LogP contribution in [-0.2, 0) is 13.6 Å². The van der Waals surface area contributed by atoms with Crippen LogP contribution in [0.3, 0.4) is 0 Å². The van der Waals surface area contributed by atoms with Gasteiger partial charge in [0.15, 0.2) is 10.6 Å². The minimum absolute atomic E-state index is 0.295. The van der Waals surface area contributed by atoms with Crippen molar-refractivity contribution in [2.24, 2.45) is 0 Å². The molecule has 14 heavy (non-hydrogen) atoms. The lowest BCUT2D eigenvalue weighted by molar-refractivity contribution is 0.229. The van der Waals surface area contributed by atoms with Crippen LogP contribution in [0.5, 0.6) is 0 Å². The zero-order chi connectivity index (χ0) is 10.6. The molecule has 7 heteroatoms. The van der Waals surface area contributed by atoms with Gasteiger partial charge < -0.3 is 14.8 Å². The Labute approximate surface area is 86.8 Å². The van der Waals surface area contributed by atoms with E-state index in [0.29, 0.717) is 23.8 Å². The molecule has 80 valence electrons. The lowest BCUT2D eigenvalue weighted by Gasteiger charge is -2.13. The predicted octanol–water partition coefficient (Wildman–Crippen LogP) is 1.62. The Morgan fingerprint density at radius 3 is 2.43 bits per heavy atom. The Kier molecular flexibility index (Phi) is 4.07. The molecule has 0 unspecified atom stereocenters. The molecule has 0 fully saturated rings. The highest BCUT2D eigenvalue weighted by atomic mass is 32.1. The number of aromatic nitrogens is 1. The number of hydrogen-bond acceptors (Lipinski definition) is 6. The number of nitrogens with zero attached hydrogens (tertiary/aromatic N) is 1. The molecule has 0 aliphatic rings. The molecule has 0 radical (unpaired) electrons. The highest BCUT2D eigenvalue weighted by Gasteiger charge is 2.29. The Morgan fingerprint density at radius 2 is 2.07 bits per heavy atom. The third kappa shape index (κ3) is 2.54. The first kappa shape index (κ1) is 11.7. The average molecular weight is 236 g/mol. The van der Waals surface area contributed by atoms with Gasteiger partial charge in [0.1, 0.15) is 0 Å². The summed E-state index contributed by atoms with van der Waals surface area (Å²) in [6.07, 6.45) is 0. The van der Waals surface area contributed by atoms with Gasteiger partial charge in [0, 0.05) is 5.38 Å². The van der Waals surface area contributed by atoms with Gasteiger partial charge in [-0.2, -0.15) is 0 Å². The molecule has 0 saturated carbocycles. The van der Waals surface area contributed by atoms with E-state index in [1.807, 2.05) is 0 Å². The van der Waals surface area contributed by atoms with Gasteiger partial charge in [0.05, 0.1) is 13.2 Å². The highest BCUT2D eigenvalue weighted by Crippen LogP contribution is 2.46. The van der Waals surface area contributed by atoms with Crippen molar-refractivity contribution in [2.45, 2.75) is 13.8 Å². The fourth-order valence-electron chi connectivity index (χ4n) is 0.914. The van der Waals surface area contributed by atoms with Crippen LogP contribution in [0.2, 0.25) is 0 Å². The number of nitrogens with two attached hydrogens (primary N) is 1. The number of rotatable bonds is 5. The van der Waals surface area contributed by atoms with Gasteiger partial charge in [-0.15, -0.1) is 11.3 Å². The van der Waals surface area contributed by atoms with Crippen LogP contribution in [0.25, 0.3) is 0 Å². The van der Waals surface area contributed by atoms with Crippen molar-refractivity contribution in [3.8, 4) is 0 Å². The van der Waals surface area contributed by atoms with Crippen LogP contribution >= 0.6 is 18.9 Å². The topological polar surface area (TPSA) is 74.4 Å². The summed E-state index contributed by atoms with van der Waals surface area (Å²) in [5.41, 5.74) is 5.74. The van der Waals surface area contributed by atoms with Crippen LogP contribution in [0.1, 0.15) is 13.8 Å². The number of anilines is 1. The molecular formula is C7H13N2O3PS. The molecule has 1 heterocycles. The van der Waals surface area contributed by atoms with E-state index in [9.17, 15) is 4.57 Å². The maximum Gasteiger partial charge on any atom is 0.380 e. The molecule has 1 rings (SSSR count). The third-order valence-electron chi connectivity index (χ3n) is 1.39. The van der Waals surface area contributed by atoms with Gasteiger partial charge in [-0.25, -0.2) is 4.98 Å². The Balaban J connectivity index is 2.93. The monoisotopic (exact) mass is 236 g/mol. The zero-order valence-electron chi connectivity index (χ0n) is 8.10. The van der Waals surface area contributed by atoms with Gasteiger partial charge in [0.2, 0.25) is 0 Å². The smallest absolute Gasteiger partial charge is 0.375 e. The first-order chi connectivity index (χ1) is 6.62. The largest absolute Gasteiger partial charge is 0.380 e. The summed E-state index contributed by atoms with van der Waals surface area (Å²) in [6.45, 7) is 4.13. The predicted molar refractivity (Wildman–Crippen MR) is 57.0 cm³/mol. The lowest BCUT2D eigenvalue weighted by atomic mass is 10.9. The molecule has 1 aromatic rings. The quantitative estimate of drug-likeness (QED) is 0.786. The van der Waals surface area contributed by atoms with Crippen molar-refractivity contribution >= 4 is 29.5 Å². The van der Waals surface area contributed by atoms with Crippen molar-refractivity contribution < 1.29 is 13.6 Å². The van der Waals surface area contributed by atoms with Crippen LogP contribution in [0.15, 0.2) is 5.38 Å².